The molecule has 0 unspecified atom stereocenters. The van der Waals surface area contributed by atoms with E-state index in [1.54, 1.807) is 71.3 Å². The number of aromatic nitrogens is 5. The van der Waals surface area contributed by atoms with Crippen LogP contribution in [-0.4, -0.2) is 30.0 Å². The topological polar surface area (TPSA) is 94.7 Å². The van der Waals surface area contributed by atoms with Gasteiger partial charge in [0.15, 0.2) is 0 Å². The maximum absolute atomic E-state index is 13.0. The Morgan fingerprint density at radius 1 is 1.00 bits per heavy atom. The summed E-state index contributed by atoms with van der Waals surface area (Å²) in [5.41, 5.74) is 2.54. The molecule has 1 amide bonds. The van der Waals surface area contributed by atoms with E-state index < -0.39 is 0 Å². The van der Waals surface area contributed by atoms with E-state index in [4.69, 9.17) is 0 Å². The van der Waals surface area contributed by atoms with E-state index >= 15 is 0 Å². The van der Waals surface area contributed by atoms with Gasteiger partial charge >= 0.3 is 0 Å². The van der Waals surface area contributed by atoms with Gasteiger partial charge in [0.25, 0.3) is 11.5 Å². The first-order chi connectivity index (χ1) is 16.1. The predicted molar refractivity (Wildman–Crippen MR) is 125 cm³/mol. The molecule has 8 nitrogen and oxygen atoms in total. The van der Waals surface area contributed by atoms with Crippen LogP contribution in [0.3, 0.4) is 0 Å². The Hall–Kier alpha value is -4.59. The third kappa shape index (κ3) is 3.89. The fraction of sp³-hybridized carbons (Fsp3) is 0.0800. The molecule has 0 aliphatic carbocycles. The van der Waals surface area contributed by atoms with Gasteiger partial charge in [0.05, 0.1) is 16.6 Å². The second-order valence-corrected chi connectivity index (χ2v) is 7.50. The molecule has 3 heterocycles. The highest BCUT2D eigenvalue weighted by atomic mass is 16.1. The third-order valence-electron chi connectivity index (χ3n) is 5.39. The summed E-state index contributed by atoms with van der Waals surface area (Å²) < 4.78 is 3.35. The monoisotopic (exact) mass is 436 g/mol. The summed E-state index contributed by atoms with van der Waals surface area (Å²) >= 11 is 0. The van der Waals surface area contributed by atoms with E-state index in [1.165, 1.54) is 0 Å². The van der Waals surface area contributed by atoms with Crippen LogP contribution in [0.5, 0.6) is 0 Å². The average molecular weight is 436 g/mol. The zero-order valence-electron chi connectivity index (χ0n) is 17.8. The molecule has 0 aliphatic heterocycles. The molecule has 162 valence electrons. The van der Waals surface area contributed by atoms with Crippen LogP contribution in [0.25, 0.3) is 22.4 Å². The van der Waals surface area contributed by atoms with E-state index in [0.29, 0.717) is 40.3 Å². The first kappa shape index (κ1) is 20.3. The van der Waals surface area contributed by atoms with Gasteiger partial charge in [-0.3, -0.25) is 18.7 Å². The van der Waals surface area contributed by atoms with Crippen LogP contribution >= 0.6 is 0 Å². The van der Waals surface area contributed by atoms with E-state index in [1.807, 2.05) is 30.3 Å². The van der Waals surface area contributed by atoms with Gasteiger partial charge in [0, 0.05) is 36.3 Å². The Balaban J connectivity index is 1.37. The lowest BCUT2D eigenvalue weighted by Gasteiger charge is -2.12. The smallest absolute Gasteiger partial charge is 0.265 e. The summed E-state index contributed by atoms with van der Waals surface area (Å²) in [6.07, 6.45) is 6.84. The summed E-state index contributed by atoms with van der Waals surface area (Å²) in [5, 5.41) is 3.48. The number of fused-ring (bicyclic) bond motifs is 1. The van der Waals surface area contributed by atoms with Crippen molar-refractivity contribution in [3.05, 3.63) is 113 Å². The van der Waals surface area contributed by atoms with Crippen LogP contribution in [0.1, 0.15) is 21.7 Å². The SMILES string of the molecule is Cc1nc2ccccc2c(=O)n1-c1ccc(C(=O)NCc2cccnc2-n2ccnc2)cc1. The summed E-state index contributed by atoms with van der Waals surface area (Å²) in [4.78, 5) is 38.7. The second kappa shape index (κ2) is 8.51. The van der Waals surface area contributed by atoms with Crippen molar-refractivity contribution in [3.8, 4) is 11.5 Å². The molecule has 2 aromatic carbocycles. The molecule has 5 rings (SSSR count). The number of benzene rings is 2. The minimum Gasteiger partial charge on any atom is -0.348 e. The summed E-state index contributed by atoms with van der Waals surface area (Å²) in [6, 6.07) is 17.9. The fourth-order valence-electron chi connectivity index (χ4n) is 3.77. The largest absolute Gasteiger partial charge is 0.348 e. The van der Waals surface area contributed by atoms with E-state index in [0.717, 1.165) is 5.56 Å². The number of carbonyl (C=O) groups is 1. The molecule has 0 saturated heterocycles. The first-order valence-corrected chi connectivity index (χ1v) is 10.4. The molecule has 1 N–H and O–H groups in total. The number of hydrogen-bond donors (Lipinski definition) is 1. The summed E-state index contributed by atoms with van der Waals surface area (Å²) in [7, 11) is 0. The lowest BCUT2D eigenvalue weighted by atomic mass is 10.1. The molecule has 3 aromatic heterocycles. The number of rotatable bonds is 5. The Bertz CT molecular complexity index is 1500. The summed E-state index contributed by atoms with van der Waals surface area (Å²) in [5.74, 6) is 1.08. The van der Waals surface area contributed by atoms with Crippen molar-refractivity contribution in [2.24, 2.45) is 0 Å². The van der Waals surface area contributed by atoms with Gasteiger partial charge in [0.2, 0.25) is 0 Å². The molecule has 5 aromatic rings. The quantitative estimate of drug-likeness (QED) is 0.457. The lowest BCUT2D eigenvalue weighted by Crippen LogP contribution is -2.24. The molecule has 0 fully saturated rings. The van der Waals surface area contributed by atoms with Crippen LogP contribution in [0.2, 0.25) is 0 Å². The minimum absolute atomic E-state index is 0.140. The maximum atomic E-state index is 13.0. The van der Waals surface area contributed by atoms with Crippen molar-refractivity contribution in [3.63, 3.8) is 0 Å². The van der Waals surface area contributed by atoms with Gasteiger partial charge in [-0.2, -0.15) is 0 Å². The van der Waals surface area contributed by atoms with Crippen molar-refractivity contribution < 1.29 is 4.79 Å². The van der Waals surface area contributed by atoms with E-state index in [9.17, 15) is 9.59 Å². The Kier molecular flexibility index (Phi) is 5.24. The van der Waals surface area contributed by atoms with Crippen molar-refractivity contribution in [1.82, 2.24) is 29.4 Å². The Morgan fingerprint density at radius 2 is 1.82 bits per heavy atom. The van der Waals surface area contributed by atoms with Gasteiger partial charge < -0.3 is 5.32 Å². The third-order valence-corrected chi connectivity index (χ3v) is 5.39. The number of nitrogens with one attached hydrogen (secondary N) is 1. The molecule has 0 bridgehead atoms. The van der Waals surface area contributed by atoms with Crippen molar-refractivity contribution in [1.29, 1.82) is 0 Å². The number of imidazole rings is 1. The average Bonchev–Trinajstić information content (AvgIpc) is 3.38. The Morgan fingerprint density at radius 3 is 2.61 bits per heavy atom. The van der Waals surface area contributed by atoms with Crippen LogP contribution in [0.4, 0.5) is 0 Å². The highest BCUT2D eigenvalue weighted by molar-refractivity contribution is 5.94. The van der Waals surface area contributed by atoms with Gasteiger partial charge in [0.1, 0.15) is 18.0 Å². The van der Waals surface area contributed by atoms with Crippen LogP contribution < -0.4 is 10.9 Å². The predicted octanol–water partition coefficient (Wildman–Crippen LogP) is 3.20. The molecule has 0 saturated carbocycles. The van der Waals surface area contributed by atoms with E-state index in [2.05, 4.69) is 20.3 Å². The van der Waals surface area contributed by atoms with E-state index in [-0.39, 0.29) is 11.5 Å². The fourth-order valence-corrected chi connectivity index (χ4v) is 3.77. The molecule has 0 spiro atoms. The van der Waals surface area contributed by atoms with Gasteiger partial charge in [-0.15, -0.1) is 0 Å². The molecule has 0 aliphatic rings. The number of carbonyl (C=O) groups excluding carboxylic acids is 1. The lowest BCUT2D eigenvalue weighted by molar-refractivity contribution is 0.0951. The number of para-hydroxylation sites is 1. The summed E-state index contributed by atoms with van der Waals surface area (Å²) in [6.45, 7) is 2.11. The van der Waals surface area contributed by atoms with Gasteiger partial charge in [-0.25, -0.2) is 15.0 Å². The molecule has 33 heavy (non-hydrogen) atoms. The van der Waals surface area contributed by atoms with Crippen molar-refractivity contribution in [2.75, 3.05) is 0 Å². The van der Waals surface area contributed by atoms with Crippen molar-refractivity contribution >= 4 is 16.8 Å². The minimum atomic E-state index is -0.220. The zero-order chi connectivity index (χ0) is 22.8. The standard InChI is InChI=1S/C25H20N6O2/c1-17-29-22-7-3-2-6-21(22)25(33)31(17)20-10-8-18(9-11-20)24(32)28-15-19-5-4-12-27-23(19)30-14-13-26-16-30/h2-14,16H,15H2,1H3,(H,28,32). The van der Waals surface area contributed by atoms with Crippen LogP contribution in [0, 0.1) is 6.92 Å². The van der Waals surface area contributed by atoms with Crippen molar-refractivity contribution in [2.45, 2.75) is 13.5 Å². The zero-order valence-corrected chi connectivity index (χ0v) is 17.8. The van der Waals surface area contributed by atoms with Gasteiger partial charge in [-0.1, -0.05) is 18.2 Å². The molecule has 0 atom stereocenters. The molecular formula is C25H20N6O2. The van der Waals surface area contributed by atoms with Crippen LogP contribution in [0.15, 0.2) is 90.4 Å². The number of amides is 1. The van der Waals surface area contributed by atoms with Crippen LogP contribution in [-0.2, 0) is 6.54 Å². The maximum Gasteiger partial charge on any atom is 0.265 e. The second-order valence-electron chi connectivity index (χ2n) is 7.50. The van der Waals surface area contributed by atoms with Gasteiger partial charge in [-0.05, 0) is 49.4 Å². The molecular weight excluding hydrogens is 416 g/mol. The normalized spacial score (nSPS) is 10.9. The highest BCUT2D eigenvalue weighted by Gasteiger charge is 2.12. The highest BCUT2D eigenvalue weighted by Crippen LogP contribution is 2.14. The number of hydrogen-bond acceptors (Lipinski definition) is 5. The Labute approximate surface area is 189 Å². The molecule has 0 radical (unpaired) electrons. The molecule has 8 heteroatoms. The number of aryl methyl sites for hydroxylation is 1. The number of pyridine rings is 1. The first-order valence-electron chi connectivity index (χ1n) is 10.4. The number of nitrogens with zero attached hydrogens (tertiary/aromatic N) is 5.